The van der Waals surface area contributed by atoms with E-state index < -0.39 is 5.97 Å². The highest BCUT2D eigenvalue weighted by atomic mass is 16.4. The number of hydrogen-bond donors (Lipinski definition) is 2. The van der Waals surface area contributed by atoms with Crippen molar-refractivity contribution in [3.63, 3.8) is 0 Å². The van der Waals surface area contributed by atoms with Crippen molar-refractivity contribution in [3.8, 4) is 5.75 Å². The number of Topliss-reactive ketones (excluding diaryl/α,β-unsaturated/α-hetero) is 1. The summed E-state index contributed by atoms with van der Waals surface area (Å²) in [5.74, 6) is -1.30. The third-order valence-corrected chi connectivity index (χ3v) is 1.83. The van der Waals surface area contributed by atoms with Crippen molar-refractivity contribution in [2.75, 3.05) is 0 Å². The minimum atomic E-state index is -1.04. The summed E-state index contributed by atoms with van der Waals surface area (Å²) in [4.78, 5) is 21.4. The van der Waals surface area contributed by atoms with Crippen molar-refractivity contribution in [1.82, 2.24) is 0 Å². The van der Waals surface area contributed by atoms with E-state index in [1.807, 2.05) is 0 Å². The molecule has 0 bridgehead atoms. The van der Waals surface area contributed by atoms with Gasteiger partial charge in [-0.2, -0.15) is 0 Å². The van der Waals surface area contributed by atoms with Gasteiger partial charge in [0, 0.05) is 11.1 Å². The van der Waals surface area contributed by atoms with Crippen molar-refractivity contribution >= 4 is 11.8 Å². The summed E-state index contributed by atoms with van der Waals surface area (Å²) in [5, 5.41) is 17.8. The van der Waals surface area contributed by atoms with Gasteiger partial charge in [0.1, 0.15) is 5.75 Å². The van der Waals surface area contributed by atoms with Gasteiger partial charge >= 0.3 is 5.97 Å². The van der Waals surface area contributed by atoms with Gasteiger partial charge in [0.05, 0.1) is 6.42 Å². The number of carboxylic acid groups (broad SMARTS) is 1. The second-order valence-electron chi connectivity index (χ2n) is 2.97. The molecule has 1 aromatic carbocycles. The van der Waals surface area contributed by atoms with Crippen LogP contribution in [-0.2, 0) is 11.2 Å². The van der Waals surface area contributed by atoms with Crippen LogP contribution < -0.4 is 0 Å². The Morgan fingerprint density at radius 1 is 1.36 bits per heavy atom. The Labute approximate surface area is 80.8 Å². The van der Waals surface area contributed by atoms with E-state index in [4.69, 9.17) is 5.11 Å². The number of aliphatic carboxylic acids is 1. The Hall–Kier alpha value is -1.84. The highest BCUT2D eigenvalue weighted by molar-refractivity contribution is 5.94. The highest BCUT2D eigenvalue weighted by Crippen LogP contribution is 2.19. The molecule has 1 rings (SSSR count). The lowest BCUT2D eigenvalue weighted by Gasteiger charge is -2.03. The molecule has 4 nitrogen and oxygen atoms in total. The van der Waals surface area contributed by atoms with Crippen molar-refractivity contribution in [2.45, 2.75) is 13.3 Å². The molecule has 0 amide bonds. The molecule has 0 aromatic heterocycles. The Morgan fingerprint density at radius 3 is 2.50 bits per heavy atom. The van der Waals surface area contributed by atoms with E-state index in [1.165, 1.54) is 25.1 Å². The molecular weight excluding hydrogens is 184 g/mol. The fraction of sp³-hybridized carbons (Fsp3) is 0.200. The lowest BCUT2D eigenvalue weighted by atomic mass is 10.0. The zero-order valence-corrected chi connectivity index (χ0v) is 7.65. The average Bonchev–Trinajstić information content (AvgIpc) is 2.07. The number of rotatable bonds is 3. The maximum Gasteiger partial charge on any atom is 0.307 e. The number of carboxylic acids is 1. The Morgan fingerprint density at radius 2 is 2.00 bits per heavy atom. The van der Waals surface area contributed by atoms with Crippen LogP contribution in [0.4, 0.5) is 0 Å². The van der Waals surface area contributed by atoms with Crippen LogP contribution in [0.2, 0.25) is 0 Å². The number of hydrogen-bond acceptors (Lipinski definition) is 3. The first-order valence-electron chi connectivity index (χ1n) is 4.05. The van der Waals surface area contributed by atoms with Gasteiger partial charge < -0.3 is 10.2 Å². The molecule has 0 aliphatic heterocycles. The van der Waals surface area contributed by atoms with Gasteiger partial charge in [0.2, 0.25) is 0 Å². The fourth-order valence-corrected chi connectivity index (χ4v) is 1.11. The Kier molecular flexibility index (Phi) is 2.86. The van der Waals surface area contributed by atoms with Crippen LogP contribution in [0.15, 0.2) is 18.2 Å². The number of carbonyl (C=O) groups excluding carboxylic acids is 1. The number of ketones is 1. The summed E-state index contributed by atoms with van der Waals surface area (Å²) in [6.07, 6.45) is -0.285. The number of phenolic OH excluding ortho intramolecular Hbond substituents is 1. The summed E-state index contributed by atoms with van der Waals surface area (Å²) in [7, 11) is 0. The molecule has 2 N–H and O–H groups in total. The zero-order valence-electron chi connectivity index (χ0n) is 7.65. The van der Waals surface area contributed by atoms with E-state index in [1.54, 1.807) is 0 Å². The first kappa shape index (κ1) is 10.2. The van der Waals surface area contributed by atoms with Gasteiger partial charge in [-0.15, -0.1) is 0 Å². The molecule has 0 fully saturated rings. The predicted octanol–water partition coefficient (Wildman–Crippen LogP) is 1.22. The van der Waals surface area contributed by atoms with E-state index in [9.17, 15) is 14.7 Å². The van der Waals surface area contributed by atoms with Crippen LogP contribution in [0, 0.1) is 0 Å². The smallest absolute Gasteiger partial charge is 0.307 e. The van der Waals surface area contributed by atoms with Gasteiger partial charge in [-0.3, -0.25) is 9.59 Å². The lowest BCUT2D eigenvalue weighted by Crippen LogP contribution is -2.02. The topological polar surface area (TPSA) is 74.6 Å². The van der Waals surface area contributed by atoms with Gasteiger partial charge in [-0.1, -0.05) is 0 Å². The van der Waals surface area contributed by atoms with Crippen molar-refractivity contribution in [1.29, 1.82) is 0 Å². The summed E-state index contributed by atoms with van der Waals surface area (Å²) < 4.78 is 0. The summed E-state index contributed by atoms with van der Waals surface area (Å²) in [6, 6.07) is 4.18. The van der Waals surface area contributed by atoms with Crippen LogP contribution in [0.1, 0.15) is 22.8 Å². The normalized spacial score (nSPS) is 9.79. The fourth-order valence-electron chi connectivity index (χ4n) is 1.11. The van der Waals surface area contributed by atoms with E-state index >= 15 is 0 Å². The molecule has 0 aliphatic rings. The molecule has 1 aromatic rings. The largest absolute Gasteiger partial charge is 0.508 e. The maximum absolute atomic E-state index is 11.0. The summed E-state index contributed by atoms with van der Waals surface area (Å²) in [5.41, 5.74) is 0.657. The molecule has 4 heteroatoms. The van der Waals surface area contributed by atoms with Crippen molar-refractivity contribution in [3.05, 3.63) is 29.3 Å². The highest BCUT2D eigenvalue weighted by Gasteiger charge is 2.08. The predicted molar refractivity (Wildman–Crippen MR) is 49.5 cm³/mol. The van der Waals surface area contributed by atoms with Gasteiger partial charge in [-0.25, -0.2) is 0 Å². The number of benzene rings is 1. The van der Waals surface area contributed by atoms with E-state index in [2.05, 4.69) is 0 Å². The van der Waals surface area contributed by atoms with Crippen LogP contribution in [-0.4, -0.2) is 22.0 Å². The Bertz CT molecular complexity index is 382. The van der Waals surface area contributed by atoms with Crippen molar-refractivity contribution < 1.29 is 19.8 Å². The van der Waals surface area contributed by atoms with Gasteiger partial charge in [-0.05, 0) is 25.1 Å². The van der Waals surface area contributed by atoms with E-state index in [-0.39, 0.29) is 23.5 Å². The standard InChI is InChI=1S/C10H10O4/c1-6(11)7-2-3-9(12)8(4-7)5-10(13)14/h2-4,12H,5H2,1H3,(H,13,14). The average molecular weight is 194 g/mol. The summed E-state index contributed by atoms with van der Waals surface area (Å²) >= 11 is 0. The van der Waals surface area contributed by atoms with Crippen molar-refractivity contribution in [2.24, 2.45) is 0 Å². The third-order valence-electron chi connectivity index (χ3n) is 1.83. The SMILES string of the molecule is CC(=O)c1ccc(O)c(CC(=O)O)c1. The van der Waals surface area contributed by atoms with Crippen LogP contribution >= 0.6 is 0 Å². The summed E-state index contributed by atoms with van der Waals surface area (Å²) in [6.45, 7) is 1.39. The van der Waals surface area contributed by atoms with Crippen LogP contribution in [0.3, 0.4) is 0 Å². The first-order chi connectivity index (χ1) is 6.50. The van der Waals surface area contributed by atoms with E-state index in [0.29, 0.717) is 5.56 Å². The minimum Gasteiger partial charge on any atom is -0.508 e. The molecular formula is C10H10O4. The number of phenols is 1. The molecule has 0 heterocycles. The molecule has 0 saturated carbocycles. The quantitative estimate of drug-likeness (QED) is 0.709. The molecule has 0 radical (unpaired) electrons. The molecule has 0 unspecified atom stereocenters. The van der Waals surface area contributed by atoms with Gasteiger partial charge in [0.15, 0.2) is 5.78 Å². The molecule has 0 atom stereocenters. The maximum atomic E-state index is 11.0. The molecule has 0 aliphatic carbocycles. The number of aromatic hydroxyl groups is 1. The van der Waals surface area contributed by atoms with Crippen LogP contribution in [0.5, 0.6) is 5.75 Å². The lowest BCUT2D eigenvalue weighted by molar-refractivity contribution is -0.136. The molecule has 74 valence electrons. The second kappa shape index (κ2) is 3.91. The second-order valence-corrected chi connectivity index (χ2v) is 2.97. The Balaban J connectivity index is 3.08. The molecule has 0 spiro atoms. The first-order valence-corrected chi connectivity index (χ1v) is 4.05. The molecule has 0 saturated heterocycles. The van der Waals surface area contributed by atoms with E-state index in [0.717, 1.165) is 0 Å². The zero-order chi connectivity index (χ0) is 10.7. The minimum absolute atomic E-state index is 0.0996. The number of carbonyl (C=O) groups is 2. The third kappa shape index (κ3) is 2.32. The van der Waals surface area contributed by atoms with Crippen LogP contribution in [0.25, 0.3) is 0 Å². The monoisotopic (exact) mass is 194 g/mol. The van der Waals surface area contributed by atoms with Gasteiger partial charge in [0.25, 0.3) is 0 Å². The molecule has 14 heavy (non-hydrogen) atoms.